The summed E-state index contributed by atoms with van der Waals surface area (Å²) in [6, 6.07) is 6.20. The highest BCUT2D eigenvalue weighted by Crippen LogP contribution is 2.35. The molecular weight excluding hydrogens is 330 g/mol. The summed E-state index contributed by atoms with van der Waals surface area (Å²) in [4.78, 5) is 2.48. The van der Waals surface area contributed by atoms with Crippen molar-refractivity contribution in [1.29, 1.82) is 0 Å². The van der Waals surface area contributed by atoms with Crippen LogP contribution >= 0.6 is 39.3 Å². The summed E-state index contributed by atoms with van der Waals surface area (Å²) in [6.07, 6.45) is 1.21. The lowest BCUT2D eigenvalue weighted by Crippen LogP contribution is -2.27. The topological polar surface area (TPSA) is 3.24 Å². The van der Waals surface area contributed by atoms with Crippen molar-refractivity contribution >= 4 is 45.0 Å². The van der Waals surface area contributed by atoms with Gasteiger partial charge in [-0.25, -0.2) is 0 Å². The van der Waals surface area contributed by atoms with Crippen molar-refractivity contribution in [3.8, 4) is 0 Å². The van der Waals surface area contributed by atoms with E-state index in [0.717, 1.165) is 23.4 Å². The molecule has 0 amide bonds. The average molecular weight is 349 g/mol. The molecule has 4 heteroatoms. The molecule has 0 spiro atoms. The van der Waals surface area contributed by atoms with Gasteiger partial charge in [-0.05, 0) is 18.6 Å². The third-order valence-corrected chi connectivity index (χ3v) is 5.69. The molecule has 0 atom stereocenters. The number of hydrogen-bond donors (Lipinski definition) is 0. The number of benzene rings is 1. The highest BCUT2D eigenvalue weighted by atomic mass is 79.9. The Morgan fingerprint density at radius 1 is 1.39 bits per heavy atom. The molecule has 2 rings (SSSR count). The zero-order valence-corrected chi connectivity index (χ0v) is 14.0. The summed E-state index contributed by atoms with van der Waals surface area (Å²) in [6.45, 7) is 6.89. The number of hydrogen-bond acceptors (Lipinski definition) is 2. The molecule has 0 bridgehead atoms. The van der Waals surface area contributed by atoms with Crippen molar-refractivity contribution in [2.75, 3.05) is 23.7 Å². The first-order valence-electron chi connectivity index (χ1n) is 6.26. The minimum atomic E-state index is 0.391. The van der Waals surface area contributed by atoms with Gasteiger partial charge in [-0.15, -0.1) is 0 Å². The van der Waals surface area contributed by atoms with E-state index < -0.39 is 0 Å². The molecule has 0 N–H and O–H groups in total. The number of anilines is 1. The van der Waals surface area contributed by atoms with Gasteiger partial charge in [-0.3, -0.25) is 0 Å². The largest absolute Gasteiger partial charge is 0.370 e. The Labute approximate surface area is 127 Å². The second-order valence-corrected chi connectivity index (χ2v) is 7.99. The standard InChI is InChI=1S/C14H19BrClNS/c1-14(2)6-7-17(8-9-18-14)13-5-3-4-12(16)11(13)10-15/h3-5H,6-10H2,1-2H3. The van der Waals surface area contributed by atoms with Gasteiger partial charge >= 0.3 is 0 Å². The molecule has 0 saturated carbocycles. The molecule has 0 unspecified atom stereocenters. The molecular formula is C14H19BrClNS. The molecule has 1 aromatic rings. The predicted octanol–water partition coefficient (Wildman–Crippen LogP) is 4.96. The van der Waals surface area contributed by atoms with E-state index in [4.69, 9.17) is 11.6 Å². The van der Waals surface area contributed by atoms with Gasteiger partial charge in [0, 0.05) is 45.2 Å². The number of nitrogens with zero attached hydrogens (tertiary/aromatic N) is 1. The fourth-order valence-electron chi connectivity index (χ4n) is 2.24. The van der Waals surface area contributed by atoms with Crippen LogP contribution in [0.3, 0.4) is 0 Å². The van der Waals surface area contributed by atoms with E-state index in [1.165, 1.54) is 23.4 Å². The third-order valence-electron chi connectivity index (χ3n) is 3.41. The summed E-state index contributed by atoms with van der Waals surface area (Å²) >= 11 is 11.9. The maximum atomic E-state index is 6.28. The molecule has 0 aromatic heterocycles. The smallest absolute Gasteiger partial charge is 0.0467 e. The summed E-state index contributed by atoms with van der Waals surface area (Å²) in [5.41, 5.74) is 2.50. The highest BCUT2D eigenvalue weighted by Gasteiger charge is 2.24. The van der Waals surface area contributed by atoms with Gasteiger partial charge < -0.3 is 4.90 Å². The Morgan fingerprint density at radius 3 is 2.89 bits per heavy atom. The minimum absolute atomic E-state index is 0.391. The SMILES string of the molecule is CC1(C)CCN(c2cccc(Cl)c2CBr)CCS1. The van der Waals surface area contributed by atoms with E-state index in [1.807, 2.05) is 12.1 Å². The van der Waals surface area contributed by atoms with E-state index in [-0.39, 0.29) is 0 Å². The van der Waals surface area contributed by atoms with Crippen molar-refractivity contribution in [1.82, 2.24) is 0 Å². The average Bonchev–Trinajstić information content (AvgIpc) is 2.50. The highest BCUT2D eigenvalue weighted by molar-refractivity contribution is 9.08. The number of alkyl halides is 1. The number of rotatable bonds is 2. The van der Waals surface area contributed by atoms with Gasteiger partial charge in [0.2, 0.25) is 0 Å². The lowest BCUT2D eigenvalue weighted by Gasteiger charge is -2.26. The van der Waals surface area contributed by atoms with Crippen molar-refractivity contribution in [2.24, 2.45) is 0 Å². The zero-order chi connectivity index (χ0) is 13.2. The van der Waals surface area contributed by atoms with Crippen LogP contribution in [0.15, 0.2) is 18.2 Å². The van der Waals surface area contributed by atoms with Crippen LogP contribution in [0, 0.1) is 0 Å². The third kappa shape index (κ3) is 3.37. The lowest BCUT2D eigenvalue weighted by molar-refractivity contribution is 0.637. The molecule has 100 valence electrons. The molecule has 0 aliphatic carbocycles. The maximum absolute atomic E-state index is 6.28. The fraction of sp³-hybridized carbons (Fsp3) is 0.571. The van der Waals surface area contributed by atoms with Crippen LogP contribution in [0.25, 0.3) is 0 Å². The second kappa shape index (κ2) is 6.06. The van der Waals surface area contributed by atoms with Crippen LogP contribution in [0.4, 0.5) is 5.69 Å². The van der Waals surface area contributed by atoms with E-state index in [2.05, 4.69) is 52.5 Å². The molecule has 0 radical (unpaired) electrons. The molecule has 1 aliphatic rings. The van der Waals surface area contributed by atoms with Crippen LogP contribution < -0.4 is 4.90 Å². The summed E-state index contributed by atoms with van der Waals surface area (Å²) in [5.74, 6) is 1.18. The van der Waals surface area contributed by atoms with Gasteiger partial charge in [0.05, 0.1) is 0 Å². The minimum Gasteiger partial charge on any atom is -0.370 e. The van der Waals surface area contributed by atoms with Crippen LogP contribution in [-0.4, -0.2) is 23.6 Å². The molecule has 1 heterocycles. The van der Waals surface area contributed by atoms with Crippen LogP contribution in [-0.2, 0) is 5.33 Å². The van der Waals surface area contributed by atoms with Crippen LogP contribution in [0.2, 0.25) is 5.02 Å². The second-order valence-electron chi connectivity index (χ2n) is 5.22. The first-order chi connectivity index (χ1) is 8.53. The Morgan fingerprint density at radius 2 is 2.17 bits per heavy atom. The first-order valence-corrected chi connectivity index (χ1v) is 8.74. The Hall–Kier alpha value is 0.140. The molecule has 1 nitrogen and oxygen atoms in total. The van der Waals surface area contributed by atoms with E-state index in [9.17, 15) is 0 Å². The molecule has 1 saturated heterocycles. The van der Waals surface area contributed by atoms with Gasteiger partial charge in [0.15, 0.2) is 0 Å². The molecule has 18 heavy (non-hydrogen) atoms. The van der Waals surface area contributed by atoms with E-state index in [1.54, 1.807) is 0 Å². The lowest BCUT2D eigenvalue weighted by atomic mass is 10.1. The van der Waals surface area contributed by atoms with Crippen LogP contribution in [0.5, 0.6) is 0 Å². The molecule has 1 fully saturated rings. The van der Waals surface area contributed by atoms with Crippen LogP contribution in [0.1, 0.15) is 25.8 Å². The number of halogens is 2. The summed E-state index contributed by atoms with van der Waals surface area (Å²) < 4.78 is 0.391. The number of thioether (sulfide) groups is 1. The zero-order valence-electron chi connectivity index (χ0n) is 10.9. The maximum Gasteiger partial charge on any atom is 0.0467 e. The quantitative estimate of drug-likeness (QED) is 0.695. The van der Waals surface area contributed by atoms with Crippen molar-refractivity contribution in [3.63, 3.8) is 0 Å². The van der Waals surface area contributed by atoms with Crippen molar-refractivity contribution in [2.45, 2.75) is 30.3 Å². The van der Waals surface area contributed by atoms with Gasteiger partial charge in [-0.2, -0.15) is 11.8 Å². The van der Waals surface area contributed by atoms with Gasteiger partial charge in [0.25, 0.3) is 0 Å². The summed E-state index contributed by atoms with van der Waals surface area (Å²) in [5, 5.41) is 1.68. The summed E-state index contributed by atoms with van der Waals surface area (Å²) in [7, 11) is 0. The van der Waals surface area contributed by atoms with E-state index in [0.29, 0.717) is 4.75 Å². The Bertz CT molecular complexity index is 422. The molecule has 1 aliphatic heterocycles. The van der Waals surface area contributed by atoms with Crippen molar-refractivity contribution < 1.29 is 0 Å². The monoisotopic (exact) mass is 347 g/mol. The first kappa shape index (κ1) is 14.5. The fourth-order valence-corrected chi connectivity index (χ4v) is 4.32. The Kier molecular flexibility index (Phi) is 4.90. The van der Waals surface area contributed by atoms with E-state index >= 15 is 0 Å². The normalized spacial score (nSPS) is 19.7. The van der Waals surface area contributed by atoms with Crippen molar-refractivity contribution in [3.05, 3.63) is 28.8 Å². The van der Waals surface area contributed by atoms with Gasteiger partial charge in [-0.1, -0.05) is 47.4 Å². The van der Waals surface area contributed by atoms with Gasteiger partial charge in [0.1, 0.15) is 0 Å². The Balaban J connectivity index is 2.24. The molecule has 1 aromatic carbocycles. The predicted molar refractivity (Wildman–Crippen MR) is 87.5 cm³/mol.